The van der Waals surface area contributed by atoms with E-state index in [-0.39, 0.29) is 0 Å². The molecular weight excluding hydrogens is 609 g/mol. The Labute approximate surface area is 287 Å². The number of para-hydroxylation sites is 1. The van der Waals surface area contributed by atoms with Crippen LogP contribution in [0.1, 0.15) is 0 Å². The van der Waals surface area contributed by atoms with Crippen LogP contribution in [0.5, 0.6) is 0 Å². The number of fused-ring (bicyclic) bond motifs is 10. The SMILES string of the molecule is c1cc(-c2ccc3ccccc3c2)cc(-c2c3ccccc3c(-c3ccc4oc5ccc6oc7ccccc7c6c5c4c3)c3ccccc23)c1. The second-order valence-corrected chi connectivity index (χ2v) is 13.2. The van der Waals surface area contributed by atoms with Crippen molar-refractivity contribution in [3.63, 3.8) is 0 Å². The van der Waals surface area contributed by atoms with Crippen LogP contribution in [0.25, 0.3) is 110 Å². The molecule has 50 heavy (non-hydrogen) atoms. The molecule has 9 aromatic carbocycles. The van der Waals surface area contributed by atoms with Gasteiger partial charge in [-0.15, -0.1) is 0 Å². The molecular formula is C48H28O2. The van der Waals surface area contributed by atoms with E-state index in [2.05, 4.69) is 146 Å². The van der Waals surface area contributed by atoms with Gasteiger partial charge in [-0.25, -0.2) is 0 Å². The Morgan fingerprint density at radius 3 is 1.44 bits per heavy atom. The molecule has 11 aromatic rings. The van der Waals surface area contributed by atoms with Gasteiger partial charge in [0.2, 0.25) is 0 Å². The lowest BCUT2D eigenvalue weighted by Crippen LogP contribution is -1.91. The monoisotopic (exact) mass is 636 g/mol. The second kappa shape index (κ2) is 10.4. The summed E-state index contributed by atoms with van der Waals surface area (Å²) in [7, 11) is 0. The van der Waals surface area contributed by atoms with E-state index in [1.54, 1.807) is 0 Å². The van der Waals surface area contributed by atoms with Crippen LogP contribution in [0.3, 0.4) is 0 Å². The smallest absolute Gasteiger partial charge is 0.136 e. The Bertz CT molecular complexity index is 3100. The fourth-order valence-corrected chi connectivity index (χ4v) is 8.21. The van der Waals surface area contributed by atoms with E-state index in [0.29, 0.717) is 0 Å². The Balaban J connectivity index is 1.17. The predicted octanol–water partition coefficient (Wildman–Crippen LogP) is 13.9. The molecule has 0 aliphatic carbocycles. The van der Waals surface area contributed by atoms with Gasteiger partial charge < -0.3 is 8.83 Å². The van der Waals surface area contributed by atoms with Crippen molar-refractivity contribution in [2.75, 3.05) is 0 Å². The average molecular weight is 637 g/mol. The molecule has 2 nitrogen and oxygen atoms in total. The fourth-order valence-electron chi connectivity index (χ4n) is 8.21. The van der Waals surface area contributed by atoms with Crippen LogP contribution < -0.4 is 0 Å². The first-order chi connectivity index (χ1) is 24.8. The highest BCUT2D eigenvalue weighted by Gasteiger charge is 2.20. The highest BCUT2D eigenvalue weighted by Crippen LogP contribution is 2.46. The van der Waals surface area contributed by atoms with E-state index in [1.165, 1.54) is 60.1 Å². The molecule has 232 valence electrons. The molecule has 0 saturated heterocycles. The number of hydrogen-bond donors (Lipinski definition) is 0. The van der Waals surface area contributed by atoms with E-state index >= 15 is 0 Å². The maximum Gasteiger partial charge on any atom is 0.136 e. The van der Waals surface area contributed by atoms with Gasteiger partial charge in [0.15, 0.2) is 0 Å². The van der Waals surface area contributed by atoms with Crippen molar-refractivity contribution in [2.24, 2.45) is 0 Å². The maximum atomic E-state index is 6.45. The lowest BCUT2D eigenvalue weighted by atomic mass is 9.85. The summed E-state index contributed by atoms with van der Waals surface area (Å²) < 4.78 is 12.7. The van der Waals surface area contributed by atoms with E-state index in [1.807, 2.05) is 24.3 Å². The largest absolute Gasteiger partial charge is 0.456 e. The van der Waals surface area contributed by atoms with Crippen LogP contribution in [0.2, 0.25) is 0 Å². The van der Waals surface area contributed by atoms with Crippen LogP contribution in [0.15, 0.2) is 179 Å². The topological polar surface area (TPSA) is 26.3 Å². The van der Waals surface area contributed by atoms with Gasteiger partial charge in [-0.05, 0) is 108 Å². The molecule has 0 amide bonds. The first-order valence-electron chi connectivity index (χ1n) is 17.1. The van der Waals surface area contributed by atoms with Gasteiger partial charge in [0.05, 0.1) is 0 Å². The molecule has 0 atom stereocenters. The van der Waals surface area contributed by atoms with Crippen LogP contribution in [-0.4, -0.2) is 0 Å². The number of benzene rings is 9. The van der Waals surface area contributed by atoms with Crippen LogP contribution in [0, 0.1) is 0 Å². The Kier molecular flexibility index (Phi) is 5.70. The minimum absolute atomic E-state index is 0.868. The van der Waals surface area contributed by atoms with Gasteiger partial charge >= 0.3 is 0 Å². The van der Waals surface area contributed by atoms with Gasteiger partial charge in [0.1, 0.15) is 22.3 Å². The molecule has 0 radical (unpaired) electrons. The summed E-state index contributed by atoms with van der Waals surface area (Å²) in [6.45, 7) is 0. The third kappa shape index (κ3) is 3.96. The van der Waals surface area contributed by atoms with E-state index < -0.39 is 0 Å². The fraction of sp³-hybridized carbons (Fsp3) is 0. The third-order valence-electron chi connectivity index (χ3n) is 10.4. The van der Waals surface area contributed by atoms with Crippen molar-refractivity contribution < 1.29 is 8.83 Å². The van der Waals surface area contributed by atoms with Gasteiger partial charge in [0, 0.05) is 21.5 Å². The standard InChI is InChI=1S/C48H28O2/c1-2-11-30-26-32(21-20-29(30)10-1)31-12-9-13-33(27-31)45-35-14-3-5-16-37(35)46(38-17-6-4-15-36(38)45)34-22-23-42-40(28-34)48-44(50-42)25-24-43-47(48)39-18-7-8-19-41(39)49-43/h1-28H. The Morgan fingerprint density at radius 1 is 0.260 bits per heavy atom. The summed E-state index contributed by atoms with van der Waals surface area (Å²) in [4.78, 5) is 0. The van der Waals surface area contributed by atoms with Crippen molar-refractivity contribution in [2.45, 2.75) is 0 Å². The van der Waals surface area contributed by atoms with Crippen LogP contribution >= 0.6 is 0 Å². The molecule has 0 saturated carbocycles. The summed E-state index contributed by atoms with van der Waals surface area (Å²) in [6, 6.07) is 61.0. The predicted molar refractivity (Wildman–Crippen MR) is 210 cm³/mol. The minimum Gasteiger partial charge on any atom is -0.456 e. The summed E-state index contributed by atoms with van der Waals surface area (Å²) in [5.41, 5.74) is 10.8. The van der Waals surface area contributed by atoms with Gasteiger partial charge in [-0.2, -0.15) is 0 Å². The average Bonchev–Trinajstić information content (AvgIpc) is 3.74. The molecule has 2 heterocycles. The normalized spacial score (nSPS) is 12.0. The highest BCUT2D eigenvalue weighted by molar-refractivity contribution is 6.27. The van der Waals surface area contributed by atoms with Crippen molar-refractivity contribution >= 4 is 76.2 Å². The van der Waals surface area contributed by atoms with Gasteiger partial charge in [-0.1, -0.05) is 127 Å². The van der Waals surface area contributed by atoms with Crippen molar-refractivity contribution in [1.29, 1.82) is 0 Å². The molecule has 0 aliphatic rings. The van der Waals surface area contributed by atoms with Crippen molar-refractivity contribution in [3.05, 3.63) is 170 Å². The molecule has 0 fully saturated rings. The van der Waals surface area contributed by atoms with E-state index in [0.717, 1.165) is 49.4 Å². The third-order valence-corrected chi connectivity index (χ3v) is 10.4. The zero-order valence-electron chi connectivity index (χ0n) is 27.0. The van der Waals surface area contributed by atoms with Crippen molar-refractivity contribution in [3.8, 4) is 33.4 Å². The quantitative estimate of drug-likeness (QED) is 0.180. The molecule has 2 aromatic heterocycles. The lowest BCUT2D eigenvalue weighted by molar-refractivity contribution is 0.663. The maximum absolute atomic E-state index is 6.45. The minimum atomic E-state index is 0.868. The molecule has 0 N–H and O–H groups in total. The summed E-state index contributed by atoms with van der Waals surface area (Å²) in [6.07, 6.45) is 0. The summed E-state index contributed by atoms with van der Waals surface area (Å²) in [5.74, 6) is 0. The Morgan fingerprint density at radius 2 is 0.740 bits per heavy atom. The van der Waals surface area contributed by atoms with Gasteiger partial charge in [0.25, 0.3) is 0 Å². The van der Waals surface area contributed by atoms with E-state index in [9.17, 15) is 0 Å². The molecule has 0 aliphatic heterocycles. The lowest BCUT2D eigenvalue weighted by Gasteiger charge is -2.18. The first-order valence-corrected chi connectivity index (χ1v) is 17.1. The highest BCUT2D eigenvalue weighted by atomic mass is 16.3. The molecule has 0 unspecified atom stereocenters. The molecule has 0 spiro atoms. The zero-order valence-corrected chi connectivity index (χ0v) is 27.0. The number of furan rings is 2. The molecule has 11 rings (SSSR count). The van der Waals surface area contributed by atoms with Crippen LogP contribution in [-0.2, 0) is 0 Å². The van der Waals surface area contributed by atoms with Gasteiger partial charge in [-0.3, -0.25) is 0 Å². The molecule has 0 bridgehead atoms. The van der Waals surface area contributed by atoms with E-state index in [4.69, 9.17) is 8.83 Å². The number of hydrogen-bond acceptors (Lipinski definition) is 2. The molecule has 2 heteroatoms. The summed E-state index contributed by atoms with van der Waals surface area (Å²) in [5, 5.41) is 11.8. The number of rotatable bonds is 3. The zero-order chi connectivity index (χ0) is 32.8. The summed E-state index contributed by atoms with van der Waals surface area (Å²) >= 11 is 0. The van der Waals surface area contributed by atoms with Crippen LogP contribution in [0.4, 0.5) is 0 Å². The Hall–Kier alpha value is -6.64. The van der Waals surface area contributed by atoms with Crippen molar-refractivity contribution in [1.82, 2.24) is 0 Å². The first kappa shape index (κ1) is 27.3. The second-order valence-electron chi connectivity index (χ2n) is 13.2.